The van der Waals surface area contributed by atoms with E-state index in [0.717, 1.165) is 11.3 Å². The number of pyridine rings is 1. The second-order valence-electron chi connectivity index (χ2n) is 4.68. The van der Waals surface area contributed by atoms with Crippen molar-refractivity contribution in [2.24, 2.45) is 5.73 Å². The van der Waals surface area contributed by atoms with Crippen LogP contribution in [0, 0.1) is 0 Å². The molecule has 0 aliphatic rings. The van der Waals surface area contributed by atoms with Crippen LogP contribution >= 0.6 is 0 Å². The summed E-state index contributed by atoms with van der Waals surface area (Å²) in [6.07, 6.45) is 1.59. The molecular formula is C16H19N3O2. The maximum Gasteiger partial charge on any atom is 0.251 e. The number of hydrogen-bond acceptors (Lipinski definition) is 4. The number of carbonyl (C=O) groups excluding carboxylic acids is 1. The Kier molecular flexibility index (Phi) is 4.90. The highest BCUT2D eigenvalue weighted by Gasteiger charge is 2.15. The van der Waals surface area contributed by atoms with Crippen molar-refractivity contribution >= 4 is 5.91 Å². The Morgan fingerprint density at radius 3 is 2.86 bits per heavy atom. The molecule has 0 aliphatic heterocycles. The summed E-state index contributed by atoms with van der Waals surface area (Å²) in [6, 6.07) is 10.8. The van der Waals surface area contributed by atoms with Gasteiger partial charge in [0, 0.05) is 23.9 Å². The predicted octanol–water partition coefficient (Wildman–Crippen LogP) is 2.04. The molecule has 0 spiro atoms. The number of nitrogens with two attached hydrogens (primary N) is 1. The van der Waals surface area contributed by atoms with Gasteiger partial charge in [0.05, 0.1) is 18.8 Å². The number of benzene rings is 1. The van der Waals surface area contributed by atoms with Gasteiger partial charge in [0.2, 0.25) is 0 Å². The van der Waals surface area contributed by atoms with Gasteiger partial charge in [-0.25, -0.2) is 0 Å². The SMILES string of the molecule is COc1ccccc1[C@H](C)NC(=O)c1ccnc(CN)c1. The zero-order chi connectivity index (χ0) is 15.2. The summed E-state index contributed by atoms with van der Waals surface area (Å²) in [5.41, 5.74) is 7.71. The summed E-state index contributed by atoms with van der Waals surface area (Å²) in [6.45, 7) is 2.23. The van der Waals surface area contributed by atoms with Crippen LogP contribution in [0.5, 0.6) is 5.75 Å². The molecule has 0 bridgehead atoms. The number of amides is 1. The Bertz CT molecular complexity index is 628. The van der Waals surface area contributed by atoms with Crippen LogP contribution in [-0.2, 0) is 6.54 Å². The van der Waals surface area contributed by atoms with Gasteiger partial charge in [0.15, 0.2) is 0 Å². The minimum absolute atomic E-state index is 0.162. The van der Waals surface area contributed by atoms with Gasteiger partial charge < -0.3 is 15.8 Å². The number of methoxy groups -OCH3 is 1. The lowest BCUT2D eigenvalue weighted by Gasteiger charge is -2.17. The lowest BCUT2D eigenvalue weighted by molar-refractivity contribution is 0.0939. The van der Waals surface area contributed by atoms with E-state index in [-0.39, 0.29) is 11.9 Å². The Balaban J connectivity index is 2.15. The number of aromatic nitrogens is 1. The fourth-order valence-electron chi connectivity index (χ4n) is 2.11. The molecule has 21 heavy (non-hydrogen) atoms. The molecular weight excluding hydrogens is 266 g/mol. The molecule has 1 heterocycles. The molecule has 0 radical (unpaired) electrons. The van der Waals surface area contributed by atoms with Crippen LogP contribution in [-0.4, -0.2) is 18.0 Å². The molecule has 1 amide bonds. The zero-order valence-electron chi connectivity index (χ0n) is 12.2. The first-order valence-corrected chi connectivity index (χ1v) is 6.74. The lowest BCUT2D eigenvalue weighted by Crippen LogP contribution is -2.27. The monoisotopic (exact) mass is 285 g/mol. The molecule has 0 aliphatic carbocycles. The van der Waals surface area contributed by atoms with Gasteiger partial charge in [-0.3, -0.25) is 9.78 Å². The molecule has 0 saturated heterocycles. The second-order valence-corrected chi connectivity index (χ2v) is 4.68. The van der Waals surface area contributed by atoms with Crippen LogP contribution in [0.15, 0.2) is 42.6 Å². The molecule has 2 rings (SSSR count). The van der Waals surface area contributed by atoms with E-state index in [4.69, 9.17) is 10.5 Å². The summed E-state index contributed by atoms with van der Waals surface area (Å²) < 4.78 is 5.31. The number of rotatable bonds is 5. The van der Waals surface area contributed by atoms with Gasteiger partial charge in [0.1, 0.15) is 5.75 Å². The van der Waals surface area contributed by atoms with Crippen molar-refractivity contribution < 1.29 is 9.53 Å². The van der Waals surface area contributed by atoms with Crippen LogP contribution in [0.4, 0.5) is 0 Å². The molecule has 5 nitrogen and oxygen atoms in total. The van der Waals surface area contributed by atoms with E-state index < -0.39 is 0 Å². The third kappa shape index (κ3) is 3.58. The van der Waals surface area contributed by atoms with E-state index >= 15 is 0 Å². The maximum atomic E-state index is 12.3. The normalized spacial score (nSPS) is 11.8. The molecule has 3 N–H and O–H groups in total. The Hall–Kier alpha value is -2.40. The van der Waals surface area contributed by atoms with Gasteiger partial charge in [-0.15, -0.1) is 0 Å². The zero-order valence-corrected chi connectivity index (χ0v) is 12.2. The number of ether oxygens (including phenoxy) is 1. The number of para-hydroxylation sites is 1. The Morgan fingerprint density at radius 1 is 1.38 bits per heavy atom. The minimum Gasteiger partial charge on any atom is -0.496 e. The third-order valence-corrected chi connectivity index (χ3v) is 3.24. The third-order valence-electron chi connectivity index (χ3n) is 3.24. The van der Waals surface area contributed by atoms with Crippen LogP contribution < -0.4 is 15.8 Å². The standard InChI is InChI=1S/C16H19N3O2/c1-11(14-5-3-4-6-15(14)21-2)19-16(20)12-7-8-18-13(9-12)10-17/h3-9,11H,10,17H2,1-2H3,(H,19,20)/t11-/m0/s1. The van der Waals surface area contributed by atoms with Crippen molar-refractivity contribution in [2.45, 2.75) is 19.5 Å². The van der Waals surface area contributed by atoms with Crippen molar-refractivity contribution in [3.05, 3.63) is 59.4 Å². The number of carbonyl (C=O) groups is 1. The van der Waals surface area contributed by atoms with Crippen molar-refractivity contribution in [1.82, 2.24) is 10.3 Å². The van der Waals surface area contributed by atoms with Gasteiger partial charge in [0.25, 0.3) is 5.91 Å². The molecule has 2 aromatic rings. The van der Waals surface area contributed by atoms with Crippen LogP contribution in [0.1, 0.15) is 34.6 Å². The minimum atomic E-state index is -0.164. The van der Waals surface area contributed by atoms with Gasteiger partial charge in [-0.1, -0.05) is 18.2 Å². The highest BCUT2D eigenvalue weighted by atomic mass is 16.5. The summed E-state index contributed by atoms with van der Waals surface area (Å²) in [5, 5.41) is 2.95. The Morgan fingerprint density at radius 2 is 2.14 bits per heavy atom. The first-order chi connectivity index (χ1) is 10.2. The van der Waals surface area contributed by atoms with Gasteiger partial charge >= 0.3 is 0 Å². The first-order valence-electron chi connectivity index (χ1n) is 6.74. The van der Waals surface area contributed by atoms with Crippen LogP contribution in [0.3, 0.4) is 0 Å². The molecule has 0 unspecified atom stereocenters. The molecule has 5 heteroatoms. The largest absolute Gasteiger partial charge is 0.496 e. The number of nitrogens with zero attached hydrogens (tertiary/aromatic N) is 1. The van der Waals surface area contributed by atoms with Crippen LogP contribution in [0.2, 0.25) is 0 Å². The summed E-state index contributed by atoms with van der Waals surface area (Å²) in [7, 11) is 1.61. The van der Waals surface area contributed by atoms with E-state index in [1.807, 2.05) is 31.2 Å². The van der Waals surface area contributed by atoms with Gasteiger partial charge in [-0.05, 0) is 25.1 Å². The predicted molar refractivity (Wildman–Crippen MR) is 81.0 cm³/mol. The van der Waals surface area contributed by atoms with Crippen molar-refractivity contribution in [3.63, 3.8) is 0 Å². The smallest absolute Gasteiger partial charge is 0.251 e. The number of hydrogen-bond donors (Lipinski definition) is 2. The molecule has 0 fully saturated rings. The van der Waals surface area contributed by atoms with Gasteiger partial charge in [-0.2, -0.15) is 0 Å². The Labute approximate surface area is 124 Å². The van der Waals surface area contributed by atoms with Crippen LogP contribution in [0.25, 0.3) is 0 Å². The average Bonchev–Trinajstić information content (AvgIpc) is 2.54. The van der Waals surface area contributed by atoms with E-state index in [0.29, 0.717) is 17.8 Å². The van der Waals surface area contributed by atoms with E-state index in [2.05, 4.69) is 10.3 Å². The molecule has 1 aromatic carbocycles. The second kappa shape index (κ2) is 6.85. The maximum absolute atomic E-state index is 12.3. The molecule has 1 aromatic heterocycles. The average molecular weight is 285 g/mol. The summed E-state index contributed by atoms with van der Waals surface area (Å²) in [4.78, 5) is 16.4. The quantitative estimate of drug-likeness (QED) is 0.881. The fraction of sp³-hybridized carbons (Fsp3) is 0.250. The van der Waals surface area contributed by atoms with Crippen molar-refractivity contribution in [3.8, 4) is 5.75 Å². The van der Waals surface area contributed by atoms with E-state index in [1.54, 1.807) is 25.4 Å². The molecule has 0 saturated carbocycles. The van der Waals surface area contributed by atoms with E-state index in [9.17, 15) is 4.79 Å². The van der Waals surface area contributed by atoms with Crippen molar-refractivity contribution in [2.75, 3.05) is 7.11 Å². The van der Waals surface area contributed by atoms with E-state index in [1.165, 1.54) is 0 Å². The highest BCUT2D eigenvalue weighted by Crippen LogP contribution is 2.24. The summed E-state index contributed by atoms with van der Waals surface area (Å²) in [5.74, 6) is 0.591. The highest BCUT2D eigenvalue weighted by molar-refractivity contribution is 5.94. The first kappa shape index (κ1) is 15.0. The summed E-state index contributed by atoms with van der Waals surface area (Å²) >= 11 is 0. The molecule has 1 atom stereocenters. The number of nitrogens with one attached hydrogen (secondary N) is 1. The topological polar surface area (TPSA) is 77.2 Å². The lowest BCUT2D eigenvalue weighted by atomic mass is 10.1. The molecule has 110 valence electrons. The fourth-order valence-corrected chi connectivity index (χ4v) is 2.11. The van der Waals surface area contributed by atoms with Crippen molar-refractivity contribution in [1.29, 1.82) is 0 Å².